The third kappa shape index (κ3) is 2.80. The molecule has 0 aliphatic rings. The summed E-state index contributed by atoms with van der Waals surface area (Å²) < 4.78 is 0. The summed E-state index contributed by atoms with van der Waals surface area (Å²) in [5.74, 6) is 0. The number of unbranched alkanes of at least 4 members (excludes halogenated alkanes) is 1. The molecule has 0 nitrogen and oxygen atoms in total. The zero-order chi connectivity index (χ0) is 16.4. The predicted octanol–water partition coefficient (Wildman–Crippen LogP) is 7.00. The van der Waals surface area contributed by atoms with Crippen LogP contribution in [0.4, 0.5) is 0 Å². The van der Waals surface area contributed by atoms with Crippen LogP contribution in [0.2, 0.25) is 0 Å². The lowest BCUT2D eigenvalue weighted by atomic mass is 9.95. The Bertz CT molecular complexity index is 978. The molecular weight excluding hydrogens is 288 g/mol. The second kappa shape index (κ2) is 6.49. The van der Waals surface area contributed by atoms with Gasteiger partial charge < -0.3 is 0 Å². The van der Waals surface area contributed by atoms with Crippen LogP contribution >= 0.6 is 0 Å². The Balaban J connectivity index is 1.82. The Hall–Kier alpha value is -2.60. The summed E-state index contributed by atoms with van der Waals surface area (Å²) in [5, 5.41) is 5.24. The van der Waals surface area contributed by atoms with Crippen molar-refractivity contribution in [1.29, 1.82) is 0 Å². The summed E-state index contributed by atoms with van der Waals surface area (Å²) in [7, 11) is 0. The first-order valence-corrected chi connectivity index (χ1v) is 8.86. The summed E-state index contributed by atoms with van der Waals surface area (Å²) in [6.45, 7) is 2.24. The molecule has 0 aromatic heterocycles. The van der Waals surface area contributed by atoms with Crippen molar-refractivity contribution in [3.63, 3.8) is 0 Å². The highest BCUT2D eigenvalue weighted by Crippen LogP contribution is 2.32. The molecule has 0 heterocycles. The number of aryl methyl sites for hydroxylation is 1. The Morgan fingerprint density at radius 2 is 1.38 bits per heavy atom. The molecule has 0 saturated heterocycles. The van der Waals surface area contributed by atoms with E-state index < -0.39 is 0 Å². The molecule has 0 spiro atoms. The first-order valence-electron chi connectivity index (χ1n) is 8.86. The average molecular weight is 310 g/mol. The summed E-state index contributed by atoms with van der Waals surface area (Å²) in [5.41, 5.74) is 4.06. The largest absolute Gasteiger partial charge is 0.0654 e. The van der Waals surface area contributed by atoms with Gasteiger partial charge in [-0.3, -0.25) is 0 Å². The Kier molecular flexibility index (Phi) is 4.04. The van der Waals surface area contributed by atoms with Gasteiger partial charge >= 0.3 is 0 Å². The van der Waals surface area contributed by atoms with Crippen LogP contribution < -0.4 is 0 Å². The molecule has 0 bridgehead atoms. The first kappa shape index (κ1) is 15.0. The molecule has 0 amide bonds. The van der Waals surface area contributed by atoms with E-state index in [0.29, 0.717) is 0 Å². The van der Waals surface area contributed by atoms with E-state index in [-0.39, 0.29) is 0 Å². The Labute approximate surface area is 143 Å². The normalized spacial score (nSPS) is 11.2. The van der Waals surface area contributed by atoms with Gasteiger partial charge in [-0.1, -0.05) is 80.1 Å². The van der Waals surface area contributed by atoms with Crippen molar-refractivity contribution in [1.82, 2.24) is 0 Å². The van der Waals surface area contributed by atoms with Crippen LogP contribution in [0.5, 0.6) is 0 Å². The maximum absolute atomic E-state index is 2.32. The van der Waals surface area contributed by atoms with E-state index in [2.05, 4.69) is 85.8 Å². The van der Waals surface area contributed by atoms with E-state index in [4.69, 9.17) is 0 Å². The minimum Gasteiger partial charge on any atom is -0.0654 e. The van der Waals surface area contributed by atoms with Gasteiger partial charge in [-0.25, -0.2) is 0 Å². The molecular formula is C24H22. The van der Waals surface area contributed by atoms with Gasteiger partial charge in [-0.2, -0.15) is 0 Å². The van der Waals surface area contributed by atoms with Crippen molar-refractivity contribution in [2.75, 3.05) is 0 Å². The van der Waals surface area contributed by atoms with Crippen LogP contribution in [0, 0.1) is 0 Å². The van der Waals surface area contributed by atoms with Crippen molar-refractivity contribution in [2.45, 2.75) is 26.2 Å². The topological polar surface area (TPSA) is 0 Å². The second-order valence-corrected chi connectivity index (χ2v) is 6.53. The summed E-state index contributed by atoms with van der Waals surface area (Å²) in [4.78, 5) is 0. The van der Waals surface area contributed by atoms with Gasteiger partial charge in [0.2, 0.25) is 0 Å². The summed E-state index contributed by atoms with van der Waals surface area (Å²) in [6.07, 6.45) is 3.69. The predicted molar refractivity (Wildman–Crippen MR) is 106 cm³/mol. The number of benzene rings is 4. The molecule has 0 radical (unpaired) electrons. The fourth-order valence-corrected chi connectivity index (χ4v) is 3.45. The summed E-state index contributed by atoms with van der Waals surface area (Å²) >= 11 is 0. The van der Waals surface area contributed by atoms with Crippen molar-refractivity contribution < 1.29 is 0 Å². The molecule has 118 valence electrons. The average Bonchev–Trinajstić information content (AvgIpc) is 2.64. The highest BCUT2D eigenvalue weighted by Gasteiger charge is 2.05. The molecule has 4 rings (SSSR count). The van der Waals surface area contributed by atoms with Gasteiger partial charge in [0, 0.05) is 0 Å². The number of fused-ring (bicyclic) bond motifs is 2. The van der Waals surface area contributed by atoms with Crippen molar-refractivity contribution in [2.24, 2.45) is 0 Å². The summed E-state index contributed by atoms with van der Waals surface area (Å²) in [6, 6.07) is 28.9. The lowest BCUT2D eigenvalue weighted by molar-refractivity contribution is 0.795. The lowest BCUT2D eigenvalue weighted by Gasteiger charge is -2.10. The molecule has 4 aromatic carbocycles. The fraction of sp³-hybridized carbons (Fsp3) is 0.167. The maximum Gasteiger partial charge on any atom is -0.00990 e. The highest BCUT2D eigenvalue weighted by atomic mass is 14.1. The van der Waals surface area contributed by atoms with Crippen molar-refractivity contribution >= 4 is 21.5 Å². The van der Waals surface area contributed by atoms with Gasteiger partial charge in [0.25, 0.3) is 0 Å². The van der Waals surface area contributed by atoms with Gasteiger partial charge in [0.1, 0.15) is 0 Å². The molecule has 0 atom stereocenters. The minimum atomic E-state index is 1.18. The molecule has 4 aromatic rings. The van der Waals surface area contributed by atoms with Gasteiger partial charge in [0.05, 0.1) is 0 Å². The van der Waals surface area contributed by atoms with Crippen LogP contribution in [0.15, 0.2) is 78.9 Å². The van der Waals surface area contributed by atoms with Crippen LogP contribution in [-0.4, -0.2) is 0 Å². The Morgan fingerprint density at radius 3 is 2.12 bits per heavy atom. The van der Waals surface area contributed by atoms with Gasteiger partial charge in [-0.15, -0.1) is 0 Å². The zero-order valence-electron chi connectivity index (χ0n) is 14.1. The number of hydrogen-bond acceptors (Lipinski definition) is 0. The third-order valence-electron chi connectivity index (χ3n) is 4.83. The van der Waals surface area contributed by atoms with E-state index in [1.54, 1.807) is 0 Å². The first-order chi connectivity index (χ1) is 11.8. The smallest absolute Gasteiger partial charge is 0.00990 e. The van der Waals surface area contributed by atoms with Crippen LogP contribution in [-0.2, 0) is 6.42 Å². The molecule has 0 unspecified atom stereocenters. The lowest BCUT2D eigenvalue weighted by Crippen LogP contribution is -1.86. The number of hydrogen-bond donors (Lipinski definition) is 0. The highest BCUT2D eigenvalue weighted by molar-refractivity contribution is 6.04. The SMILES string of the molecule is CCCCc1ccc(-c2cccc3cc4ccccc4cc23)cc1. The number of rotatable bonds is 4. The van der Waals surface area contributed by atoms with Crippen LogP contribution in [0.1, 0.15) is 25.3 Å². The standard InChI is InChI=1S/C24H22/c1-2-3-7-18-12-14-19(15-13-18)23-11-6-10-22-16-20-8-4-5-9-21(20)17-24(22)23/h4-6,8-17H,2-3,7H2,1H3. The van der Waals surface area contributed by atoms with Crippen molar-refractivity contribution in [3.8, 4) is 11.1 Å². The molecule has 24 heavy (non-hydrogen) atoms. The second-order valence-electron chi connectivity index (χ2n) is 6.53. The minimum absolute atomic E-state index is 1.18. The zero-order valence-corrected chi connectivity index (χ0v) is 14.1. The molecule has 0 fully saturated rings. The van der Waals surface area contributed by atoms with E-state index in [0.717, 1.165) is 0 Å². The molecule has 0 heteroatoms. The van der Waals surface area contributed by atoms with E-state index >= 15 is 0 Å². The third-order valence-corrected chi connectivity index (χ3v) is 4.83. The maximum atomic E-state index is 2.32. The molecule has 0 N–H and O–H groups in total. The molecule has 0 aliphatic carbocycles. The molecule has 0 aliphatic heterocycles. The molecule has 0 saturated carbocycles. The van der Waals surface area contributed by atoms with Crippen LogP contribution in [0.25, 0.3) is 32.7 Å². The Morgan fingerprint density at radius 1 is 0.667 bits per heavy atom. The van der Waals surface area contributed by atoms with E-state index in [1.807, 2.05) is 0 Å². The van der Waals surface area contributed by atoms with Crippen LogP contribution in [0.3, 0.4) is 0 Å². The van der Waals surface area contributed by atoms with E-state index in [9.17, 15) is 0 Å². The van der Waals surface area contributed by atoms with Gasteiger partial charge in [-0.05, 0) is 63.2 Å². The fourth-order valence-electron chi connectivity index (χ4n) is 3.45. The quantitative estimate of drug-likeness (QED) is 0.356. The van der Waals surface area contributed by atoms with Gasteiger partial charge in [0.15, 0.2) is 0 Å². The monoisotopic (exact) mass is 310 g/mol. The van der Waals surface area contributed by atoms with E-state index in [1.165, 1.54) is 57.5 Å². The van der Waals surface area contributed by atoms with Crippen molar-refractivity contribution in [3.05, 3.63) is 84.4 Å².